The molecule has 0 unspecified atom stereocenters. The minimum atomic E-state index is -0.173. The zero-order chi connectivity index (χ0) is 13.2. The Balaban J connectivity index is 1.77. The molecule has 1 aromatic carbocycles. The first-order valence-corrected chi connectivity index (χ1v) is 6.82. The lowest BCUT2D eigenvalue weighted by molar-refractivity contribution is -0.115. The van der Waals surface area contributed by atoms with Gasteiger partial charge in [0.25, 0.3) is 5.91 Å². The molecule has 19 heavy (non-hydrogen) atoms. The fourth-order valence-corrected chi connectivity index (χ4v) is 2.61. The predicted molar refractivity (Wildman–Crippen MR) is 79.7 cm³/mol. The van der Waals surface area contributed by atoms with Crippen molar-refractivity contribution in [1.82, 2.24) is 10.6 Å². The van der Waals surface area contributed by atoms with Gasteiger partial charge in [-0.05, 0) is 48.8 Å². The molecule has 4 nitrogen and oxygen atoms in total. The highest BCUT2D eigenvalue weighted by Gasteiger charge is 2.19. The number of rotatable bonds is 2. The van der Waals surface area contributed by atoms with E-state index in [1.807, 2.05) is 18.2 Å². The van der Waals surface area contributed by atoms with Crippen LogP contribution in [-0.2, 0) is 4.79 Å². The van der Waals surface area contributed by atoms with Crippen LogP contribution in [0.15, 0.2) is 30.0 Å². The third-order valence-electron chi connectivity index (χ3n) is 3.40. The van der Waals surface area contributed by atoms with Crippen LogP contribution in [0.1, 0.15) is 18.4 Å². The number of carbonyl (C=O) groups excluding carboxylic acids is 1. The second kappa shape index (κ2) is 5.01. The molecule has 2 saturated heterocycles. The van der Waals surface area contributed by atoms with E-state index >= 15 is 0 Å². The van der Waals surface area contributed by atoms with Crippen LogP contribution in [0.3, 0.4) is 0 Å². The van der Waals surface area contributed by atoms with Crippen molar-refractivity contribution in [2.24, 2.45) is 0 Å². The van der Waals surface area contributed by atoms with Gasteiger partial charge in [0.2, 0.25) is 0 Å². The van der Waals surface area contributed by atoms with Crippen LogP contribution in [-0.4, -0.2) is 24.1 Å². The maximum absolute atomic E-state index is 11.5. The maximum Gasteiger partial charge on any atom is 0.273 e. The van der Waals surface area contributed by atoms with Crippen LogP contribution in [0.4, 0.5) is 5.69 Å². The van der Waals surface area contributed by atoms with Crippen molar-refractivity contribution in [2.75, 3.05) is 18.0 Å². The first kappa shape index (κ1) is 12.2. The van der Waals surface area contributed by atoms with E-state index in [0.717, 1.165) is 18.7 Å². The SMILES string of the molecule is O=C1NC(=S)N/C1=C\c1ccc(N2CCCC2)cc1. The van der Waals surface area contributed by atoms with Gasteiger partial charge in [0.1, 0.15) is 5.70 Å². The molecular formula is C14H15N3OS. The monoisotopic (exact) mass is 273 g/mol. The van der Waals surface area contributed by atoms with Crippen molar-refractivity contribution in [2.45, 2.75) is 12.8 Å². The molecule has 0 bridgehead atoms. The van der Waals surface area contributed by atoms with Gasteiger partial charge in [-0.3, -0.25) is 10.1 Å². The lowest BCUT2D eigenvalue weighted by Gasteiger charge is -2.17. The molecule has 2 fully saturated rings. The molecule has 0 spiro atoms. The molecular weight excluding hydrogens is 258 g/mol. The van der Waals surface area contributed by atoms with Crippen molar-refractivity contribution in [3.8, 4) is 0 Å². The van der Waals surface area contributed by atoms with Crippen LogP contribution in [0, 0.1) is 0 Å². The molecule has 0 saturated carbocycles. The van der Waals surface area contributed by atoms with Crippen molar-refractivity contribution in [1.29, 1.82) is 0 Å². The minimum Gasteiger partial charge on any atom is -0.372 e. The number of nitrogens with zero attached hydrogens (tertiary/aromatic N) is 1. The van der Waals surface area contributed by atoms with Crippen LogP contribution in [0.5, 0.6) is 0 Å². The molecule has 0 radical (unpaired) electrons. The first-order valence-electron chi connectivity index (χ1n) is 6.41. The highest BCUT2D eigenvalue weighted by molar-refractivity contribution is 7.80. The molecule has 1 amide bonds. The summed E-state index contributed by atoms with van der Waals surface area (Å²) in [5.41, 5.74) is 2.74. The highest BCUT2D eigenvalue weighted by Crippen LogP contribution is 2.21. The molecule has 2 aliphatic heterocycles. The van der Waals surface area contributed by atoms with Gasteiger partial charge in [0, 0.05) is 18.8 Å². The molecule has 2 N–H and O–H groups in total. The topological polar surface area (TPSA) is 44.4 Å². The Kier molecular flexibility index (Phi) is 3.21. The van der Waals surface area contributed by atoms with E-state index in [0.29, 0.717) is 10.8 Å². The predicted octanol–water partition coefficient (Wildman–Crippen LogP) is 1.63. The quantitative estimate of drug-likeness (QED) is 0.635. The van der Waals surface area contributed by atoms with Crippen LogP contribution < -0.4 is 15.5 Å². The molecule has 2 aliphatic rings. The van der Waals surface area contributed by atoms with Gasteiger partial charge in [-0.2, -0.15) is 0 Å². The summed E-state index contributed by atoms with van der Waals surface area (Å²) in [5.74, 6) is -0.173. The van der Waals surface area contributed by atoms with E-state index in [1.54, 1.807) is 0 Å². The molecule has 3 rings (SSSR count). The number of nitrogens with one attached hydrogen (secondary N) is 2. The Bertz CT molecular complexity index is 544. The van der Waals surface area contributed by atoms with Crippen molar-refractivity contribution in [3.63, 3.8) is 0 Å². The third-order valence-corrected chi connectivity index (χ3v) is 3.60. The molecule has 0 aromatic heterocycles. The number of carbonyl (C=O) groups is 1. The van der Waals surface area contributed by atoms with E-state index in [9.17, 15) is 4.79 Å². The molecule has 0 aliphatic carbocycles. The average molecular weight is 273 g/mol. The van der Waals surface area contributed by atoms with E-state index < -0.39 is 0 Å². The summed E-state index contributed by atoms with van der Waals surface area (Å²) < 4.78 is 0. The van der Waals surface area contributed by atoms with Crippen LogP contribution in [0.25, 0.3) is 6.08 Å². The lowest BCUT2D eigenvalue weighted by Crippen LogP contribution is -2.21. The number of anilines is 1. The van der Waals surface area contributed by atoms with Gasteiger partial charge >= 0.3 is 0 Å². The summed E-state index contributed by atoms with van der Waals surface area (Å²) in [6, 6.07) is 8.25. The maximum atomic E-state index is 11.5. The van der Waals surface area contributed by atoms with E-state index in [4.69, 9.17) is 12.2 Å². The summed E-state index contributed by atoms with van der Waals surface area (Å²) in [6.45, 7) is 2.28. The van der Waals surface area contributed by atoms with Crippen molar-refractivity contribution < 1.29 is 4.79 Å². The minimum absolute atomic E-state index is 0.173. The second-order valence-corrected chi connectivity index (χ2v) is 5.16. The van der Waals surface area contributed by atoms with Gasteiger partial charge in [-0.25, -0.2) is 0 Å². The van der Waals surface area contributed by atoms with Crippen LogP contribution >= 0.6 is 12.2 Å². The smallest absolute Gasteiger partial charge is 0.273 e. The Morgan fingerprint density at radius 1 is 1.11 bits per heavy atom. The fraction of sp³-hybridized carbons (Fsp3) is 0.286. The van der Waals surface area contributed by atoms with Crippen molar-refractivity contribution in [3.05, 3.63) is 35.5 Å². The van der Waals surface area contributed by atoms with E-state index in [-0.39, 0.29) is 5.91 Å². The van der Waals surface area contributed by atoms with Gasteiger partial charge in [0.15, 0.2) is 5.11 Å². The van der Waals surface area contributed by atoms with Gasteiger partial charge in [-0.1, -0.05) is 12.1 Å². The standard InChI is InChI=1S/C14H15N3OS/c18-13-12(15-14(19)16-13)9-10-3-5-11(6-4-10)17-7-1-2-8-17/h3-6,9H,1-2,7-8H2,(H2,15,16,18,19)/b12-9-. The van der Waals surface area contributed by atoms with Gasteiger partial charge in [0.05, 0.1) is 0 Å². The fourth-order valence-electron chi connectivity index (χ4n) is 2.41. The lowest BCUT2D eigenvalue weighted by atomic mass is 10.1. The Labute approximate surface area is 117 Å². The summed E-state index contributed by atoms with van der Waals surface area (Å²) in [4.78, 5) is 13.9. The zero-order valence-corrected chi connectivity index (χ0v) is 11.3. The number of hydrogen-bond acceptors (Lipinski definition) is 3. The van der Waals surface area contributed by atoms with Gasteiger partial charge < -0.3 is 10.2 Å². The Hall–Kier alpha value is -1.88. The van der Waals surface area contributed by atoms with Crippen LogP contribution in [0.2, 0.25) is 0 Å². The number of benzene rings is 1. The normalized spacial score (nSPS) is 20.8. The Morgan fingerprint density at radius 3 is 2.37 bits per heavy atom. The number of hydrogen-bond donors (Lipinski definition) is 2. The van der Waals surface area contributed by atoms with E-state index in [2.05, 4.69) is 27.7 Å². The second-order valence-electron chi connectivity index (χ2n) is 4.75. The Morgan fingerprint density at radius 2 is 1.79 bits per heavy atom. The number of thiocarbonyl (C=S) groups is 1. The summed E-state index contributed by atoms with van der Waals surface area (Å²) >= 11 is 4.89. The molecule has 5 heteroatoms. The summed E-state index contributed by atoms with van der Waals surface area (Å²) in [5, 5.41) is 5.76. The summed E-state index contributed by atoms with van der Waals surface area (Å²) in [7, 11) is 0. The zero-order valence-electron chi connectivity index (χ0n) is 10.5. The highest BCUT2D eigenvalue weighted by atomic mass is 32.1. The molecule has 2 heterocycles. The number of amides is 1. The van der Waals surface area contributed by atoms with E-state index in [1.165, 1.54) is 18.5 Å². The average Bonchev–Trinajstić information content (AvgIpc) is 3.01. The summed E-state index contributed by atoms with van der Waals surface area (Å²) in [6.07, 6.45) is 4.35. The largest absolute Gasteiger partial charge is 0.372 e. The molecule has 98 valence electrons. The van der Waals surface area contributed by atoms with Gasteiger partial charge in [-0.15, -0.1) is 0 Å². The third kappa shape index (κ3) is 2.61. The molecule has 1 aromatic rings. The first-order chi connectivity index (χ1) is 9.22. The molecule has 0 atom stereocenters. The van der Waals surface area contributed by atoms with Crippen molar-refractivity contribution >= 4 is 35.0 Å².